The summed E-state index contributed by atoms with van der Waals surface area (Å²) in [5.41, 5.74) is 3.27. The van der Waals surface area contributed by atoms with Gasteiger partial charge in [-0.2, -0.15) is 0 Å². The van der Waals surface area contributed by atoms with Gasteiger partial charge in [0, 0.05) is 33.6 Å². The third-order valence-electron chi connectivity index (χ3n) is 14.3. The summed E-state index contributed by atoms with van der Waals surface area (Å²) in [5, 5.41) is 3.75. The molecule has 4 heterocycles. The van der Waals surface area contributed by atoms with Crippen molar-refractivity contribution in [2.45, 2.75) is 103 Å². The van der Waals surface area contributed by atoms with Crippen molar-refractivity contribution in [2.24, 2.45) is 11.8 Å². The predicted molar refractivity (Wildman–Crippen MR) is 302 cm³/mol. The quantitative estimate of drug-likeness (QED) is 0.0256. The van der Waals surface area contributed by atoms with Gasteiger partial charge in [-0.05, 0) is 33.7 Å². The molecular formula is C60H65N5O16P2. The average Bonchev–Trinajstić information content (AvgIpc) is 3.23. The van der Waals surface area contributed by atoms with Crippen molar-refractivity contribution in [3.8, 4) is 0 Å². The van der Waals surface area contributed by atoms with E-state index in [4.69, 9.17) is 56.5 Å². The van der Waals surface area contributed by atoms with E-state index in [2.05, 4.69) is 10.3 Å². The average molecular weight is 1170 g/mol. The first kappa shape index (κ1) is 60.2. The van der Waals surface area contributed by atoms with Crippen molar-refractivity contribution in [1.82, 2.24) is 19.5 Å². The number of anilines is 1. The summed E-state index contributed by atoms with van der Waals surface area (Å²) in [6.07, 6.45) is -6.41. The van der Waals surface area contributed by atoms with Crippen LogP contribution in [0.4, 0.5) is 5.82 Å². The van der Waals surface area contributed by atoms with Gasteiger partial charge in [-0.3, -0.25) is 37.4 Å². The van der Waals surface area contributed by atoms with Crippen LogP contribution in [0.1, 0.15) is 75.6 Å². The van der Waals surface area contributed by atoms with Crippen molar-refractivity contribution in [3.05, 3.63) is 192 Å². The Morgan fingerprint density at radius 3 is 1.57 bits per heavy atom. The lowest BCUT2D eigenvalue weighted by Crippen LogP contribution is -2.53. The molecule has 2 aliphatic rings. The fourth-order valence-corrected chi connectivity index (χ4v) is 14.8. The first-order chi connectivity index (χ1) is 39.9. The Bertz CT molecular complexity index is 3320. The van der Waals surface area contributed by atoms with Crippen LogP contribution >= 0.6 is 15.2 Å². The molecule has 7 aromatic rings. The van der Waals surface area contributed by atoms with Crippen LogP contribution in [-0.2, 0) is 93.6 Å². The van der Waals surface area contributed by atoms with Crippen LogP contribution < -0.4 is 5.32 Å². The SMILES string of the molecule is CC(=O)OCC1O[C@@H](OP(=O)(CP(=O)(OCc2ccccc2)OC[C@H]2O[C@@H](n3cnc4c(NC(c5ccccc5)(c5ccccc5)c5ccccc5)ncnc43)[C@@H](OC(C)=O)C2OC(C)=O)OCc2ccccc2)C(OC(C)=O)[C@@H](C)[C@@H]1C. The van der Waals surface area contributed by atoms with Gasteiger partial charge < -0.3 is 47.3 Å². The van der Waals surface area contributed by atoms with E-state index in [0.717, 1.165) is 23.6 Å². The number of carbonyl (C=O) groups is 4. The molecule has 0 saturated carbocycles. The normalized spacial score (nSPS) is 23.0. The Hall–Kier alpha value is -7.45. The number of nitrogens with zero attached hydrogens (tertiary/aromatic N) is 4. The number of imidazole rings is 1. The first-order valence-electron chi connectivity index (χ1n) is 26.9. The largest absolute Gasteiger partial charge is 0.463 e. The van der Waals surface area contributed by atoms with Crippen LogP contribution in [0.5, 0.6) is 0 Å². The van der Waals surface area contributed by atoms with Gasteiger partial charge in [0.1, 0.15) is 24.6 Å². The monoisotopic (exact) mass is 1170 g/mol. The third kappa shape index (κ3) is 14.5. The molecule has 2 aromatic heterocycles. The summed E-state index contributed by atoms with van der Waals surface area (Å²) < 4.78 is 93.7. The number of carbonyl (C=O) groups excluding carboxylic acids is 4. The molecule has 0 radical (unpaired) electrons. The van der Waals surface area contributed by atoms with Gasteiger partial charge in [-0.25, -0.2) is 15.0 Å². The van der Waals surface area contributed by atoms with Gasteiger partial charge >= 0.3 is 39.1 Å². The molecule has 11 atom stereocenters. The number of rotatable bonds is 24. The van der Waals surface area contributed by atoms with Crippen molar-refractivity contribution in [1.29, 1.82) is 0 Å². The molecule has 0 bridgehead atoms. The molecule has 23 heteroatoms. The van der Waals surface area contributed by atoms with E-state index in [0.29, 0.717) is 16.9 Å². The van der Waals surface area contributed by atoms with Crippen LogP contribution in [0.15, 0.2) is 164 Å². The lowest BCUT2D eigenvalue weighted by atomic mass is 9.77. The molecule has 83 heavy (non-hydrogen) atoms. The van der Waals surface area contributed by atoms with Gasteiger partial charge in [0.15, 0.2) is 47.4 Å². The van der Waals surface area contributed by atoms with E-state index in [-0.39, 0.29) is 36.9 Å². The molecule has 5 aromatic carbocycles. The molecule has 9 rings (SSSR count). The second-order valence-corrected chi connectivity index (χ2v) is 24.7. The van der Waals surface area contributed by atoms with Crippen LogP contribution in [0.2, 0.25) is 0 Å². The Balaban J connectivity index is 1.07. The number of nitrogens with one attached hydrogen (secondary N) is 1. The minimum Gasteiger partial charge on any atom is -0.463 e. The lowest BCUT2D eigenvalue weighted by Gasteiger charge is -2.44. The van der Waals surface area contributed by atoms with Crippen LogP contribution in [0.3, 0.4) is 0 Å². The minimum atomic E-state index is -4.84. The highest BCUT2D eigenvalue weighted by Crippen LogP contribution is 2.66. The standard InChI is InChI=1S/C60H65N5O16P2/c1-39-40(2)53(76-42(4)67)59(80-50(39)34-72-41(3)66)81-83(71,74-33-46-24-14-8-15-25-46)38-82(70,73-32-45-22-12-7-13-23-45)75-35-51-54(77-43(5)68)55(78-44(6)69)58(79-51)65-37-63-52-56(61-36-62-57(52)65)64-60(47-26-16-9-17-27-47,48-28-18-10-19-29-48)49-30-20-11-21-31-49/h7-31,36-37,39-40,50-51,53-55,58-59H,32-35,38H2,1-6H3,(H,61,62,64)/t39-,40-,50?,51+,53?,54?,55-,58+,59-,82?,83?/m0/s1. The van der Waals surface area contributed by atoms with Crippen molar-refractivity contribution in [2.75, 3.05) is 24.4 Å². The zero-order valence-corrected chi connectivity index (χ0v) is 48.3. The maximum atomic E-state index is 15.7. The van der Waals surface area contributed by atoms with Crippen molar-refractivity contribution >= 4 is 56.1 Å². The zero-order valence-electron chi connectivity index (χ0n) is 46.5. The van der Waals surface area contributed by atoms with Gasteiger partial charge in [0.05, 0.1) is 32.3 Å². The van der Waals surface area contributed by atoms with E-state index >= 15 is 9.13 Å². The summed E-state index contributed by atoms with van der Waals surface area (Å²) in [6, 6.07) is 47.0. The highest BCUT2D eigenvalue weighted by atomic mass is 31.2. The summed E-state index contributed by atoms with van der Waals surface area (Å²) in [6.45, 7) is 6.77. The van der Waals surface area contributed by atoms with E-state index in [1.165, 1.54) is 38.0 Å². The maximum Gasteiger partial charge on any atom is 0.345 e. The van der Waals surface area contributed by atoms with Crippen LogP contribution in [0.25, 0.3) is 11.2 Å². The number of aromatic nitrogens is 4. The molecule has 0 spiro atoms. The van der Waals surface area contributed by atoms with Crippen LogP contribution in [-0.4, -0.2) is 99.3 Å². The Labute approximate surface area is 480 Å². The predicted octanol–water partition coefficient (Wildman–Crippen LogP) is 10.3. The zero-order chi connectivity index (χ0) is 58.7. The molecule has 2 aliphatic heterocycles. The topological polar surface area (TPSA) is 250 Å². The van der Waals surface area contributed by atoms with E-state index in [9.17, 15) is 19.2 Å². The third-order valence-corrected chi connectivity index (χ3v) is 19.2. The Morgan fingerprint density at radius 2 is 1.05 bits per heavy atom. The lowest BCUT2D eigenvalue weighted by molar-refractivity contribution is -0.255. The molecule has 0 amide bonds. The smallest absolute Gasteiger partial charge is 0.345 e. The number of esters is 4. The number of ether oxygens (including phenoxy) is 6. The van der Waals surface area contributed by atoms with Gasteiger partial charge in [-0.1, -0.05) is 166 Å². The second kappa shape index (κ2) is 26.9. The molecular weight excluding hydrogens is 1110 g/mol. The number of benzene rings is 5. The minimum absolute atomic E-state index is 0.220. The van der Waals surface area contributed by atoms with Crippen LogP contribution in [0, 0.1) is 11.8 Å². The highest BCUT2D eigenvalue weighted by molar-refractivity contribution is 7.71. The molecule has 1 N–H and O–H groups in total. The Morgan fingerprint density at radius 1 is 0.554 bits per heavy atom. The maximum absolute atomic E-state index is 15.7. The fraction of sp³-hybridized carbons (Fsp3) is 0.350. The summed E-state index contributed by atoms with van der Waals surface area (Å²) in [7, 11) is -9.66. The molecule has 436 valence electrons. The van der Waals surface area contributed by atoms with Crippen molar-refractivity contribution in [3.63, 3.8) is 0 Å². The van der Waals surface area contributed by atoms with Gasteiger partial charge in [0.2, 0.25) is 6.29 Å². The molecule has 21 nitrogen and oxygen atoms in total. The van der Waals surface area contributed by atoms with E-state index in [1.807, 2.05) is 97.9 Å². The van der Waals surface area contributed by atoms with Gasteiger partial charge in [0.25, 0.3) is 0 Å². The number of hydrogen-bond acceptors (Lipinski definition) is 20. The fourth-order valence-electron chi connectivity index (χ4n) is 10.2. The van der Waals surface area contributed by atoms with Crippen molar-refractivity contribution < 1.29 is 74.8 Å². The summed E-state index contributed by atoms with van der Waals surface area (Å²) >= 11 is 0. The van der Waals surface area contributed by atoms with E-state index in [1.54, 1.807) is 67.6 Å². The highest BCUT2D eigenvalue weighted by Gasteiger charge is 2.54. The summed E-state index contributed by atoms with van der Waals surface area (Å²) in [4.78, 5) is 64.9. The van der Waals surface area contributed by atoms with Gasteiger partial charge in [-0.15, -0.1) is 0 Å². The molecule has 2 saturated heterocycles. The number of hydrogen-bond donors (Lipinski definition) is 1. The molecule has 5 unspecified atom stereocenters. The molecule has 0 aliphatic carbocycles. The van der Waals surface area contributed by atoms with E-state index < -0.39 is 106 Å². The summed E-state index contributed by atoms with van der Waals surface area (Å²) in [5.74, 6) is -4.46. The first-order valence-corrected chi connectivity index (χ1v) is 30.4. The molecule has 2 fully saturated rings. The Kier molecular flexibility index (Phi) is 19.5. The number of fused-ring (bicyclic) bond motifs is 1. The second-order valence-electron chi connectivity index (χ2n) is 20.2.